The Morgan fingerprint density at radius 1 is 0.938 bits per heavy atom. The molecule has 1 heterocycles. The molecule has 166 valence electrons. The molecule has 3 amide bonds. The summed E-state index contributed by atoms with van der Waals surface area (Å²) in [7, 11) is 0. The van der Waals surface area contributed by atoms with Crippen LogP contribution in [0.1, 0.15) is 53.3 Å². The third-order valence-electron chi connectivity index (χ3n) is 6.22. The molecule has 1 saturated carbocycles. The fourth-order valence-corrected chi connectivity index (χ4v) is 4.86. The number of hydrogen-bond donors (Lipinski definition) is 0. The van der Waals surface area contributed by atoms with Crippen molar-refractivity contribution in [1.29, 1.82) is 0 Å². The van der Waals surface area contributed by atoms with Gasteiger partial charge in [0.1, 0.15) is 6.04 Å². The van der Waals surface area contributed by atoms with Crippen LogP contribution in [0.2, 0.25) is 10.0 Å². The van der Waals surface area contributed by atoms with Gasteiger partial charge in [0, 0.05) is 10.6 Å². The van der Waals surface area contributed by atoms with Crippen molar-refractivity contribution in [1.82, 2.24) is 10.0 Å². The zero-order valence-electron chi connectivity index (χ0n) is 17.5. The third kappa shape index (κ3) is 3.93. The number of rotatable bonds is 5. The van der Waals surface area contributed by atoms with E-state index in [0.717, 1.165) is 22.9 Å². The topological polar surface area (TPSA) is 74.8 Å². The Morgan fingerprint density at radius 3 is 2.06 bits per heavy atom. The van der Waals surface area contributed by atoms with Gasteiger partial charge in [0.2, 0.25) is 0 Å². The maximum atomic E-state index is 13.6. The summed E-state index contributed by atoms with van der Waals surface area (Å²) in [6, 6.07) is 11.5. The summed E-state index contributed by atoms with van der Waals surface area (Å²) in [5.41, 5.74) is 0.427. The Morgan fingerprint density at radius 2 is 1.50 bits per heavy atom. The van der Waals surface area contributed by atoms with Crippen molar-refractivity contribution in [3.63, 3.8) is 0 Å². The predicted molar refractivity (Wildman–Crippen MR) is 120 cm³/mol. The minimum atomic E-state index is -1.12. The molecule has 8 heteroatoms. The maximum Gasteiger partial charge on any atom is 0.275 e. The Kier molecular flexibility index (Phi) is 6.35. The van der Waals surface area contributed by atoms with Gasteiger partial charge in [-0.2, -0.15) is 5.01 Å². The highest BCUT2D eigenvalue weighted by Crippen LogP contribution is 2.39. The monoisotopic (exact) mass is 472 g/mol. The van der Waals surface area contributed by atoms with Gasteiger partial charge in [-0.3, -0.25) is 19.2 Å². The van der Waals surface area contributed by atoms with E-state index in [2.05, 4.69) is 0 Å². The first kappa shape index (κ1) is 22.5. The van der Waals surface area contributed by atoms with E-state index < -0.39 is 41.4 Å². The number of hydrazine groups is 1. The number of imide groups is 1. The number of halogens is 2. The number of nitrogens with zero attached hydrogens (tertiary/aromatic N) is 2. The molecule has 32 heavy (non-hydrogen) atoms. The van der Waals surface area contributed by atoms with Gasteiger partial charge in [-0.25, -0.2) is 5.01 Å². The van der Waals surface area contributed by atoms with Crippen LogP contribution in [0.15, 0.2) is 48.5 Å². The lowest BCUT2D eigenvalue weighted by molar-refractivity contribution is -0.156. The van der Waals surface area contributed by atoms with Crippen LogP contribution in [-0.4, -0.2) is 39.6 Å². The quantitative estimate of drug-likeness (QED) is 0.462. The molecular weight excluding hydrogens is 451 g/mol. The fraction of sp³-hybridized carbons (Fsp3) is 0.333. The van der Waals surface area contributed by atoms with Crippen LogP contribution in [-0.2, 0) is 9.59 Å². The zero-order chi connectivity index (χ0) is 23.0. The van der Waals surface area contributed by atoms with Crippen molar-refractivity contribution in [2.75, 3.05) is 0 Å². The average Bonchev–Trinajstić information content (AvgIpc) is 3.05. The van der Waals surface area contributed by atoms with Crippen LogP contribution in [0.25, 0.3) is 0 Å². The smallest absolute Gasteiger partial charge is 0.275 e. The number of carbonyl (C=O) groups excluding carboxylic acids is 4. The van der Waals surface area contributed by atoms with Gasteiger partial charge in [-0.1, -0.05) is 48.2 Å². The summed E-state index contributed by atoms with van der Waals surface area (Å²) >= 11 is 12.2. The number of amides is 3. The van der Waals surface area contributed by atoms with Crippen molar-refractivity contribution in [2.45, 2.75) is 38.6 Å². The lowest BCUT2D eigenvalue weighted by Gasteiger charge is -2.35. The Labute approximate surface area is 196 Å². The molecule has 2 aromatic rings. The highest BCUT2D eigenvalue weighted by atomic mass is 35.5. The molecule has 1 saturated heterocycles. The second-order valence-corrected chi connectivity index (χ2v) is 9.01. The molecule has 6 nitrogen and oxygen atoms in total. The van der Waals surface area contributed by atoms with E-state index in [9.17, 15) is 19.2 Å². The lowest BCUT2D eigenvalue weighted by atomic mass is 9.81. The van der Waals surface area contributed by atoms with Crippen LogP contribution in [0.3, 0.4) is 0 Å². The third-order valence-corrected chi connectivity index (χ3v) is 6.80. The molecule has 0 radical (unpaired) electrons. The van der Waals surface area contributed by atoms with Gasteiger partial charge in [0.05, 0.1) is 22.4 Å². The van der Waals surface area contributed by atoms with Gasteiger partial charge in [0.15, 0.2) is 5.78 Å². The number of ketones is 1. The van der Waals surface area contributed by atoms with E-state index in [4.69, 9.17) is 23.2 Å². The summed E-state index contributed by atoms with van der Waals surface area (Å²) in [6.07, 6.45) is 2.90. The highest BCUT2D eigenvalue weighted by Gasteiger charge is 2.53. The van der Waals surface area contributed by atoms with Crippen molar-refractivity contribution < 1.29 is 19.2 Å². The van der Waals surface area contributed by atoms with Crippen LogP contribution in [0, 0.1) is 11.8 Å². The van der Waals surface area contributed by atoms with Crippen molar-refractivity contribution in [3.05, 3.63) is 69.7 Å². The van der Waals surface area contributed by atoms with Crippen molar-refractivity contribution in [3.8, 4) is 0 Å². The van der Waals surface area contributed by atoms with E-state index in [0.29, 0.717) is 23.4 Å². The summed E-state index contributed by atoms with van der Waals surface area (Å²) < 4.78 is 0. The van der Waals surface area contributed by atoms with E-state index in [-0.39, 0.29) is 10.6 Å². The summed E-state index contributed by atoms with van der Waals surface area (Å²) in [4.78, 5) is 53.4. The number of hydrogen-bond acceptors (Lipinski definition) is 4. The van der Waals surface area contributed by atoms with Crippen molar-refractivity contribution in [2.24, 2.45) is 11.8 Å². The Bertz CT molecular complexity index is 1060. The first-order valence-corrected chi connectivity index (χ1v) is 11.3. The maximum absolute atomic E-state index is 13.6. The minimum Gasteiger partial charge on any atom is -0.292 e. The van der Waals surface area contributed by atoms with Gasteiger partial charge in [-0.15, -0.1) is 0 Å². The predicted octanol–water partition coefficient (Wildman–Crippen LogP) is 4.80. The second kappa shape index (κ2) is 9.04. The summed E-state index contributed by atoms with van der Waals surface area (Å²) in [6.45, 7) is 1.51. The van der Waals surface area contributed by atoms with E-state index >= 15 is 0 Å². The molecule has 0 spiro atoms. The van der Waals surface area contributed by atoms with Crippen LogP contribution >= 0.6 is 23.2 Å². The molecule has 2 aromatic carbocycles. The number of Topliss-reactive ketones (excluding diaryl/α,β-unsaturated/α-hetero) is 1. The molecule has 1 aliphatic carbocycles. The molecule has 0 bridgehead atoms. The highest BCUT2D eigenvalue weighted by molar-refractivity contribution is 6.34. The molecule has 2 fully saturated rings. The molecule has 0 unspecified atom stereocenters. The molecule has 3 atom stereocenters. The van der Waals surface area contributed by atoms with Gasteiger partial charge < -0.3 is 0 Å². The van der Waals surface area contributed by atoms with Gasteiger partial charge in [0.25, 0.3) is 17.7 Å². The summed E-state index contributed by atoms with van der Waals surface area (Å²) in [5.74, 6) is -2.89. The van der Waals surface area contributed by atoms with Crippen LogP contribution in [0.4, 0.5) is 0 Å². The van der Waals surface area contributed by atoms with Gasteiger partial charge >= 0.3 is 0 Å². The normalized spacial score (nSPS) is 21.3. The zero-order valence-corrected chi connectivity index (χ0v) is 19.0. The first-order valence-electron chi connectivity index (χ1n) is 10.6. The molecule has 4 rings (SSSR count). The SMILES string of the molecule is C[C@@H](C(=O)c1ccc(Cl)cc1)N(C(=O)c1ccccc1Cl)N1C(=O)[C@H]2CCCC[C@H]2C1=O. The first-order chi connectivity index (χ1) is 15.3. The second-order valence-electron chi connectivity index (χ2n) is 8.16. The molecule has 2 aliphatic rings. The molecular formula is C24H22Cl2N2O4. The van der Waals surface area contributed by atoms with E-state index in [1.54, 1.807) is 42.5 Å². The lowest BCUT2D eigenvalue weighted by Crippen LogP contribution is -2.56. The number of carbonyl (C=O) groups is 4. The molecule has 0 N–H and O–H groups in total. The Hall–Kier alpha value is -2.70. The van der Waals surface area contributed by atoms with Gasteiger partial charge in [-0.05, 0) is 56.2 Å². The average molecular weight is 473 g/mol. The largest absolute Gasteiger partial charge is 0.292 e. The standard InChI is InChI=1S/C24H22Cl2N2O4/c1-14(21(29)15-10-12-16(25)13-11-15)27(24(32)19-8-4-5-9-20(19)26)28-22(30)17-6-2-3-7-18(17)23(28)31/h4-5,8-14,17-18H,2-3,6-7H2,1H3/t14-,17-,18+/m0/s1. The number of benzene rings is 2. The van der Waals surface area contributed by atoms with Crippen molar-refractivity contribution >= 4 is 46.7 Å². The van der Waals surface area contributed by atoms with E-state index in [1.165, 1.54) is 13.0 Å². The molecule has 1 aliphatic heterocycles. The number of fused-ring (bicyclic) bond motifs is 1. The fourth-order valence-electron chi connectivity index (χ4n) is 4.52. The minimum absolute atomic E-state index is 0.111. The van der Waals surface area contributed by atoms with Crippen LogP contribution in [0.5, 0.6) is 0 Å². The van der Waals surface area contributed by atoms with Crippen LogP contribution < -0.4 is 0 Å². The molecule has 0 aromatic heterocycles. The summed E-state index contributed by atoms with van der Waals surface area (Å²) in [5, 5.41) is 2.52. The van der Waals surface area contributed by atoms with E-state index in [1.807, 2.05) is 0 Å². The Balaban J connectivity index is 1.76.